The second kappa shape index (κ2) is 8.81. The number of aliphatic hydroxyl groups is 1. The Morgan fingerprint density at radius 2 is 1.85 bits per heavy atom. The molecule has 5 aliphatic carbocycles. The standard InChI is InChI=1S/C34H49NO4/c1-21(2)22-10-15-34(19-36)17-16-32(6)24(29(22)34)8-9-27-31(5)13-11-23(25-18-28(35-39-25)38-20-37)30(3,4)26(31)12-14-33(27,32)7/h11,18,20,22,24,26-27,29,36H,1,8-10,12-17,19H2,2-7H3/t22-,24?,26-,27+,29+,31-,32+,33+,34+/m0/s1. The number of rotatable bonds is 5. The summed E-state index contributed by atoms with van der Waals surface area (Å²) in [7, 11) is 0. The third kappa shape index (κ3) is 3.47. The summed E-state index contributed by atoms with van der Waals surface area (Å²) in [5, 5.41) is 14.7. The largest absolute Gasteiger partial charge is 0.406 e. The average molecular weight is 536 g/mol. The van der Waals surface area contributed by atoms with Crippen molar-refractivity contribution in [3.05, 3.63) is 30.1 Å². The van der Waals surface area contributed by atoms with E-state index in [1.54, 1.807) is 6.07 Å². The molecule has 5 nitrogen and oxygen atoms in total. The van der Waals surface area contributed by atoms with Crippen molar-refractivity contribution in [1.82, 2.24) is 5.16 Å². The van der Waals surface area contributed by atoms with Crippen LogP contribution in [0.2, 0.25) is 0 Å². The molecule has 0 aromatic carbocycles. The van der Waals surface area contributed by atoms with Crippen LogP contribution in [0.15, 0.2) is 28.8 Å². The van der Waals surface area contributed by atoms with E-state index in [-0.39, 0.29) is 33.0 Å². The van der Waals surface area contributed by atoms with Crippen molar-refractivity contribution in [3.63, 3.8) is 0 Å². The Balaban J connectivity index is 1.36. The monoisotopic (exact) mass is 535 g/mol. The maximum Gasteiger partial charge on any atom is 0.299 e. The predicted molar refractivity (Wildman–Crippen MR) is 153 cm³/mol. The average Bonchev–Trinajstić information content (AvgIpc) is 3.49. The smallest absolute Gasteiger partial charge is 0.299 e. The van der Waals surface area contributed by atoms with Crippen LogP contribution in [-0.4, -0.2) is 23.3 Å². The second-order valence-electron chi connectivity index (χ2n) is 15.5. The normalized spacial score (nSPS) is 46.2. The van der Waals surface area contributed by atoms with E-state index >= 15 is 0 Å². The maximum atomic E-state index is 10.8. The fourth-order valence-corrected chi connectivity index (χ4v) is 12.1. The second-order valence-corrected chi connectivity index (χ2v) is 15.5. The lowest BCUT2D eigenvalue weighted by molar-refractivity contribution is -0.228. The third-order valence-corrected chi connectivity index (χ3v) is 14.1. The highest BCUT2D eigenvalue weighted by atomic mass is 16.6. The molecule has 9 atom stereocenters. The first-order valence-corrected chi connectivity index (χ1v) is 15.4. The van der Waals surface area contributed by atoms with Gasteiger partial charge in [-0.05, 0) is 132 Å². The topological polar surface area (TPSA) is 72.6 Å². The summed E-state index contributed by atoms with van der Waals surface area (Å²) < 4.78 is 10.6. The first kappa shape index (κ1) is 27.3. The Kier molecular flexibility index (Phi) is 6.17. The SMILES string of the molecule is C=C(C)[C@@H]1CC[C@]2(CO)CC[C@]3(C)C(CC[C@@H]4[C@@]5(C)CC=C(c6cc(OC=O)no6)C(C)(C)[C@@H]5CC[C@]43C)[C@@H]12. The van der Waals surface area contributed by atoms with Crippen molar-refractivity contribution in [2.45, 2.75) is 99.3 Å². The van der Waals surface area contributed by atoms with E-state index in [9.17, 15) is 9.90 Å². The van der Waals surface area contributed by atoms with Gasteiger partial charge in [0.25, 0.3) is 12.4 Å². The number of carbonyl (C=O) groups is 1. The lowest BCUT2D eigenvalue weighted by Gasteiger charge is -2.72. The number of ether oxygens (including phenoxy) is 1. The molecule has 4 saturated carbocycles. The van der Waals surface area contributed by atoms with Gasteiger partial charge in [-0.1, -0.05) is 52.8 Å². The van der Waals surface area contributed by atoms with Crippen molar-refractivity contribution in [2.24, 2.45) is 56.7 Å². The van der Waals surface area contributed by atoms with E-state index < -0.39 is 0 Å². The molecule has 0 bridgehead atoms. The summed E-state index contributed by atoms with van der Waals surface area (Å²) in [6.45, 7) is 20.1. The van der Waals surface area contributed by atoms with Gasteiger partial charge in [-0.15, -0.1) is 0 Å². The van der Waals surface area contributed by atoms with Crippen LogP contribution in [0.3, 0.4) is 0 Å². The quantitative estimate of drug-likeness (QED) is 0.307. The van der Waals surface area contributed by atoms with Crippen LogP contribution in [-0.2, 0) is 4.79 Å². The van der Waals surface area contributed by atoms with E-state index in [0.29, 0.717) is 42.7 Å². The van der Waals surface area contributed by atoms with Gasteiger partial charge in [-0.3, -0.25) is 4.79 Å². The van der Waals surface area contributed by atoms with Gasteiger partial charge in [0.15, 0.2) is 5.76 Å². The Bertz CT molecular complexity index is 1200. The molecule has 5 heteroatoms. The van der Waals surface area contributed by atoms with Crippen molar-refractivity contribution in [1.29, 1.82) is 0 Å². The van der Waals surface area contributed by atoms with Crippen molar-refractivity contribution >= 4 is 12.0 Å². The molecular weight excluding hydrogens is 486 g/mol. The maximum absolute atomic E-state index is 10.8. The number of allylic oxidation sites excluding steroid dienone is 3. The predicted octanol–water partition coefficient (Wildman–Crippen LogP) is 7.85. The van der Waals surface area contributed by atoms with Gasteiger partial charge in [-0.2, -0.15) is 0 Å². The minimum Gasteiger partial charge on any atom is -0.406 e. The molecule has 0 spiro atoms. The third-order valence-electron chi connectivity index (χ3n) is 14.1. The molecule has 214 valence electrons. The van der Waals surface area contributed by atoms with Gasteiger partial charge in [0.2, 0.25) is 0 Å². The molecule has 1 aromatic heterocycles. The summed E-state index contributed by atoms with van der Waals surface area (Å²) in [6.07, 6.45) is 13.3. The number of fused-ring (bicyclic) bond motifs is 7. The fraction of sp³-hybridized carbons (Fsp3) is 0.765. The molecule has 0 radical (unpaired) electrons. The van der Waals surface area contributed by atoms with Gasteiger partial charge < -0.3 is 14.4 Å². The summed E-state index contributed by atoms with van der Waals surface area (Å²) in [5.41, 5.74) is 3.34. The molecule has 0 saturated heterocycles. The first-order chi connectivity index (χ1) is 18.4. The molecule has 1 heterocycles. The fourth-order valence-electron chi connectivity index (χ4n) is 12.1. The number of nitrogens with zero attached hydrogens (tertiary/aromatic N) is 1. The Hall–Kier alpha value is -1.88. The summed E-state index contributed by atoms with van der Waals surface area (Å²) in [5.74, 6) is 3.95. The lowest BCUT2D eigenvalue weighted by atomic mass is 9.32. The summed E-state index contributed by atoms with van der Waals surface area (Å²) >= 11 is 0. The van der Waals surface area contributed by atoms with Crippen LogP contribution in [0.25, 0.3) is 5.57 Å². The number of hydrogen-bond acceptors (Lipinski definition) is 5. The highest BCUT2D eigenvalue weighted by Gasteiger charge is 2.70. The zero-order valence-corrected chi connectivity index (χ0v) is 25.0. The number of aromatic nitrogens is 1. The summed E-state index contributed by atoms with van der Waals surface area (Å²) in [4.78, 5) is 10.8. The van der Waals surface area contributed by atoms with E-state index in [1.807, 2.05) is 0 Å². The first-order valence-electron chi connectivity index (χ1n) is 15.4. The zero-order valence-electron chi connectivity index (χ0n) is 25.0. The minimum absolute atomic E-state index is 0.0703. The van der Waals surface area contributed by atoms with Crippen LogP contribution in [0.5, 0.6) is 5.88 Å². The number of carbonyl (C=O) groups excluding carboxylic acids is 1. The molecule has 6 rings (SSSR count). The van der Waals surface area contributed by atoms with Gasteiger partial charge in [-0.25, -0.2) is 0 Å². The van der Waals surface area contributed by atoms with Crippen LogP contribution < -0.4 is 4.74 Å². The van der Waals surface area contributed by atoms with Gasteiger partial charge >= 0.3 is 0 Å². The minimum atomic E-state index is -0.0703. The van der Waals surface area contributed by atoms with Gasteiger partial charge in [0, 0.05) is 12.7 Å². The van der Waals surface area contributed by atoms with E-state index in [0.717, 1.165) is 12.2 Å². The Morgan fingerprint density at radius 3 is 2.54 bits per heavy atom. The number of aliphatic hydroxyl groups excluding tert-OH is 1. The van der Waals surface area contributed by atoms with Crippen LogP contribution >= 0.6 is 0 Å². The zero-order chi connectivity index (χ0) is 28.0. The summed E-state index contributed by atoms with van der Waals surface area (Å²) in [6, 6.07) is 1.76. The molecule has 0 aliphatic heterocycles. The van der Waals surface area contributed by atoms with Gasteiger partial charge in [0.05, 0.1) is 0 Å². The van der Waals surface area contributed by atoms with Crippen molar-refractivity contribution < 1.29 is 19.2 Å². The molecule has 39 heavy (non-hydrogen) atoms. The lowest BCUT2D eigenvalue weighted by Crippen LogP contribution is -2.65. The molecule has 1 aromatic rings. The van der Waals surface area contributed by atoms with Gasteiger partial charge in [0.1, 0.15) is 0 Å². The van der Waals surface area contributed by atoms with Crippen LogP contribution in [0.4, 0.5) is 0 Å². The highest BCUT2D eigenvalue weighted by molar-refractivity contribution is 5.68. The number of hydrogen-bond donors (Lipinski definition) is 1. The molecule has 4 fully saturated rings. The molecule has 0 amide bonds. The molecule has 1 unspecified atom stereocenters. The molecule has 1 N–H and O–H groups in total. The highest BCUT2D eigenvalue weighted by Crippen LogP contribution is 2.77. The van der Waals surface area contributed by atoms with Crippen LogP contribution in [0, 0.1) is 56.7 Å². The van der Waals surface area contributed by atoms with Crippen molar-refractivity contribution in [2.75, 3.05) is 6.61 Å². The molecule has 5 aliphatic rings. The Morgan fingerprint density at radius 1 is 1.08 bits per heavy atom. The van der Waals surface area contributed by atoms with Crippen molar-refractivity contribution in [3.8, 4) is 5.88 Å². The molecular formula is C34H49NO4. The van der Waals surface area contributed by atoms with E-state index in [1.165, 1.54) is 62.5 Å². The van der Waals surface area contributed by atoms with E-state index in [2.05, 4.69) is 59.4 Å². The van der Waals surface area contributed by atoms with E-state index in [4.69, 9.17) is 9.26 Å². The van der Waals surface area contributed by atoms with Crippen LogP contribution in [0.1, 0.15) is 105 Å². The Labute approximate surface area is 234 Å².